The fraction of sp³-hybridized carbons (Fsp3) is 0.250. The van der Waals surface area contributed by atoms with E-state index in [1.807, 2.05) is 48.5 Å². The van der Waals surface area contributed by atoms with Crippen molar-refractivity contribution in [3.05, 3.63) is 60.3 Å². The quantitative estimate of drug-likeness (QED) is 0.631. The minimum atomic E-state index is 0.409. The number of aromatic amines is 1. The fourth-order valence-corrected chi connectivity index (χ4v) is 2.33. The standard InChI is InChI=1S/C20H23N3O2/c1-14(2)12-24-18-8-6-15(7-9-18)20-11-17(22-23-20)13-25-19-5-3-4-16(21)10-19/h3-11,14H,12-13,21H2,1-2H3,(H,22,23). The zero-order chi connectivity index (χ0) is 17.6. The van der Waals surface area contributed by atoms with Crippen LogP contribution in [0.3, 0.4) is 0 Å². The Morgan fingerprint density at radius 2 is 1.80 bits per heavy atom. The first-order valence-electron chi connectivity index (χ1n) is 8.36. The molecule has 0 aliphatic rings. The summed E-state index contributed by atoms with van der Waals surface area (Å²) < 4.78 is 11.4. The summed E-state index contributed by atoms with van der Waals surface area (Å²) in [6.45, 7) is 5.39. The van der Waals surface area contributed by atoms with Crippen LogP contribution in [-0.2, 0) is 6.61 Å². The molecule has 0 spiro atoms. The van der Waals surface area contributed by atoms with Crippen molar-refractivity contribution >= 4 is 5.69 Å². The van der Waals surface area contributed by atoms with Crippen LogP contribution in [0, 0.1) is 5.92 Å². The Balaban J connectivity index is 1.61. The molecule has 3 rings (SSSR count). The molecule has 1 heterocycles. The minimum Gasteiger partial charge on any atom is -0.493 e. The SMILES string of the molecule is CC(C)COc1ccc(-c2cc(COc3cccc(N)c3)[nH]n2)cc1. The Morgan fingerprint density at radius 3 is 2.52 bits per heavy atom. The second-order valence-corrected chi connectivity index (χ2v) is 6.37. The number of aromatic nitrogens is 2. The zero-order valence-electron chi connectivity index (χ0n) is 14.5. The molecule has 5 nitrogen and oxygen atoms in total. The average Bonchev–Trinajstić information content (AvgIpc) is 3.08. The van der Waals surface area contributed by atoms with E-state index in [4.69, 9.17) is 15.2 Å². The van der Waals surface area contributed by atoms with Gasteiger partial charge in [0, 0.05) is 17.3 Å². The van der Waals surface area contributed by atoms with Crippen LogP contribution in [0.4, 0.5) is 5.69 Å². The van der Waals surface area contributed by atoms with Gasteiger partial charge in [-0.3, -0.25) is 5.10 Å². The number of rotatable bonds is 7. The van der Waals surface area contributed by atoms with E-state index in [2.05, 4.69) is 24.0 Å². The van der Waals surface area contributed by atoms with Crippen LogP contribution in [0.5, 0.6) is 11.5 Å². The Morgan fingerprint density at radius 1 is 1.00 bits per heavy atom. The first-order chi connectivity index (χ1) is 12.1. The van der Waals surface area contributed by atoms with Crippen molar-refractivity contribution in [2.24, 2.45) is 5.92 Å². The van der Waals surface area contributed by atoms with Crippen LogP contribution < -0.4 is 15.2 Å². The third-order valence-corrected chi connectivity index (χ3v) is 3.62. The Kier molecular flexibility index (Phi) is 5.23. The molecule has 0 bridgehead atoms. The molecule has 5 heteroatoms. The van der Waals surface area contributed by atoms with Gasteiger partial charge in [0.05, 0.1) is 18.0 Å². The molecule has 0 radical (unpaired) electrons. The largest absolute Gasteiger partial charge is 0.493 e. The maximum absolute atomic E-state index is 5.75. The normalized spacial score (nSPS) is 10.8. The number of nitrogens with two attached hydrogens (primary N) is 1. The number of hydrogen-bond acceptors (Lipinski definition) is 4. The Hall–Kier alpha value is -2.95. The average molecular weight is 337 g/mol. The number of anilines is 1. The third kappa shape index (κ3) is 4.76. The van der Waals surface area contributed by atoms with Crippen molar-refractivity contribution in [1.82, 2.24) is 10.2 Å². The predicted octanol–water partition coefficient (Wildman–Crippen LogP) is 4.27. The molecule has 130 valence electrons. The van der Waals surface area contributed by atoms with E-state index in [1.54, 1.807) is 6.07 Å². The smallest absolute Gasteiger partial charge is 0.130 e. The molecule has 25 heavy (non-hydrogen) atoms. The second-order valence-electron chi connectivity index (χ2n) is 6.37. The van der Waals surface area contributed by atoms with Crippen LogP contribution >= 0.6 is 0 Å². The number of nitrogens with one attached hydrogen (secondary N) is 1. The maximum atomic E-state index is 5.75. The highest BCUT2D eigenvalue weighted by molar-refractivity contribution is 5.60. The van der Waals surface area contributed by atoms with E-state index in [-0.39, 0.29) is 0 Å². The molecule has 0 saturated carbocycles. The maximum Gasteiger partial charge on any atom is 0.130 e. The van der Waals surface area contributed by atoms with Gasteiger partial charge < -0.3 is 15.2 Å². The molecule has 1 aromatic heterocycles. The van der Waals surface area contributed by atoms with Crippen LogP contribution in [0.1, 0.15) is 19.5 Å². The van der Waals surface area contributed by atoms with Gasteiger partial charge in [0.25, 0.3) is 0 Å². The van der Waals surface area contributed by atoms with Crippen LogP contribution in [0.25, 0.3) is 11.3 Å². The highest BCUT2D eigenvalue weighted by Gasteiger charge is 2.06. The van der Waals surface area contributed by atoms with Gasteiger partial charge in [-0.15, -0.1) is 0 Å². The highest BCUT2D eigenvalue weighted by Crippen LogP contribution is 2.22. The number of ether oxygens (including phenoxy) is 2. The molecule has 0 fully saturated rings. The fourth-order valence-electron chi connectivity index (χ4n) is 2.33. The van der Waals surface area contributed by atoms with Crippen molar-refractivity contribution in [2.75, 3.05) is 12.3 Å². The number of H-pyrrole nitrogens is 1. The van der Waals surface area contributed by atoms with E-state index >= 15 is 0 Å². The molecule has 0 saturated heterocycles. The minimum absolute atomic E-state index is 0.409. The van der Waals surface area contributed by atoms with Crippen molar-refractivity contribution in [3.8, 4) is 22.8 Å². The lowest BCUT2D eigenvalue weighted by Gasteiger charge is -2.08. The van der Waals surface area contributed by atoms with E-state index in [9.17, 15) is 0 Å². The van der Waals surface area contributed by atoms with Gasteiger partial charge in [0.1, 0.15) is 18.1 Å². The lowest BCUT2D eigenvalue weighted by molar-refractivity contribution is 0.271. The Bertz CT molecular complexity index is 810. The van der Waals surface area contributed by atoms with Crippen LogP contribution in [0.15, 0.2) is 54.6 Å². The highest BCUT2D eigenvalue weighted by atomic mass is 16.5. The molecule has 2 aromatic carbocycles. The van der Waals surface area contributed by atoms with Gasteiger partial charge >= 0.3 is 0 Å². The third-order valence-electron chi connectivity index (χ3n) is 3.62. The van der Waals surface area contributed by atoms with Crippen molar-refractivity contribution < 1.29 is 9.47 Å². The first-order valence-corrected chi connectivity index (χ1v) is 8.36. The summed E-state index contributed by atoms with van der Waals surface area (Å²) in [4.78, 5) is 0. The van der Waals surface area contributed by atoms with Crippen molar-refractivity contribution in [1.29, 1.82) is 0 Å². The lowest BCUT2D eigenvalue weighted by Crippen LogP contribution is -2.04. The zero-order valence-corrected chi connectivity index (χ0v) is 14.5. The van der Waals surface area contributed by atoms with Crippen LogP contribution in [-0.4, -0.2) is 16.8 Å². The summed E-state index contributed by atoms with van der Waals surface area (Å²) in [5.41, 5.74) is 9.24. The summed E-state index contributed by atoms with van der Waals surface area (Å²) in [7, 11) is 0. The van der Waals surface area contributed by atoms with Gasteiger partial charge in [-0.1, -0.05) is 19.9 Å². The predicted molar refractivity (Wildman–Crippen MR) is 99.5 cm³/mol. The summed E-state index contributed by atoms with van der Waals surface area (Å²) in [5.74, 6) is 2.12. The summed E-state index contributed by atoms with van der Waals surface area (Å²) >= 11 is 0. The second kappa shape index (κ2) is 7.75. The lowest BCUT2D eigenvalue weighted by atomic mass is 10.1. The van der Waals surface area contributed by atoms with E-state index < -0.39 is 0 Å². The van der Waals surface area contributed by atoms with Gasteiger partial charge in [0.2, 0.25) is 0 Å². The first kappa shape index (κ1) is 16.9. The number of benzene rings is 2. The summed E-state index contributed by atoms with van der Waals surface area (Å²) in [5, 5.41) is 7.36. The Labute approximate surface area is 147 Å². The molecule has 0 atom stereocenters. The molecule has 3 aromatic rings. The number of nitrogen functional groups attached to an aromatic ring is 1. The summed E-state index contributed by atoms with van der Waals surface area (Å²) in [6.07, 6.45) is 0. The van der Waals surface area contributed by atoms with Gasteiger partial charge in [-0.2, -0.15) is 5.10 Å². The van der Waals surface area contributed by atoms with E-state index in [0.29, 0.717) is 24.8 Å². The molecule has 0 aliphatic carbocycles. The molecular weight excluding hydrogens is 314 g/mol. The molecule has 0 amide bonds. The van der Waals surface area contributed by atoms with Gasteiger partial charge in [-0.25, -0.2) is 0 Å². The van der Waals surface area contributed by atoms with E-state index in [0.717, 1.165) is 28.5 Å². The van der Waals surface area contributed by atoms with Crippen molar-refractivity contribution in [3.63, 3.8) is 0 Å². The van der Waals surface area contributed by atoms with Gasteiger partial charge in [0.15, 0.2) is 0 Å². The van der Waals surface area contributed by atoms with Crippen LogP contribution in [0.2, 0.25) is 0 Å². The molecule has 0 unspecified atom stereocenters. The molecular formula is C20H23N3O2. The molecule has 3 N–H and O–H groups in total. The monoisotopic (exact) mass is 337 g/mol. The van der Waals surface area contributed by atoms with E-state index in [1.165, 1.54) is 0 Å². The van der Waals surface area contributed by atoms with Crippen molar-refractivity contribution in [2.45, 2.75) is 20.5 Å². The molecule has 0 aliphatic heterocycles. The summed E-state index contributed by atoms with van der Waals surface area (Å²) in [6, 6.07) is 17.3. The number of nitrogens with zero attached hydrogens (tertiary/aromatic N) is 1. The van der Waals surface area contributed by atoms with Gasteiger partial charge in [-0.05, 0) is 48.4 Å². The number of hydrogen-bond donors (Lipinski definition) is 2. The topological polar surface area (TPSA) is 73.2 Å².